The Bertz CT molecular complexity index is 4130. The lowest BCUT2D eigenvalue weighted by Gasteiger charge is -2.34. The monoisotopic (exact) mass is 929 g/mol. The van der Waals surface area contributed by atoms with E-state index in [1.165, 1.54) is 66.4 Å². The van der Waals surface area contributed by atoms with Gasteiger partial charge in [-0.2, -0.15) is 0 Å². The smallest absolute Gasteiger partial charge is 0.135 e. The molecule has 0 N–H and O–H groups in total. The third kappa shape index (κ3) is 7.02. The minimum atomic E-state index is -0.510. The summed E-state index contributed by atoms with van der Waals surface area (Å²) in [6, 6.07) is 104. The Morgan fingerprint density at radius 3 is 1.47 bits per heavy atom. The number of hydrogen-bond acceptors (Lipinski definition) is 2. The summed E-state index contributed by atoms with van der Waals surface area (Å²) in [5.41, 5.74) is 21.5. The fourth-order valence-corrected chi connectivity index (χ4v) is 11.8. The fraction of sp³-hybridized carbons (Fsp3) is 0.0141. The van der Waals surface area contributed by atoms with Gasteiger partial charge in [0.25, 0.3) is 0 Å². The first-order valence-corrected chi connectivity index (χ1v) is 25.1. The van der Waals surface area contributed by atoms with Crippen LogP contribution in [-0.4, -0.2) is 0 Å². The van der Waals surface area contributed by atoms with Crippen molar-refractivity contribution < 1.29 is 4.42 Å². The molecular formula is C71H47NO. The van der Waals surface area contributed by atoms with E-state index in [1.807, 2.05) is 12.1 Å². The lowest BCUT2D eigenvalue weighted by molar-refractivity contribution is 0.669. The van der Waals surface area contributed by atoms with Crippen molar-refractivity contribution in [2.45, 2.75) is 5.41 Å². The van der Waals surface area contributed by atoms with Crippen molar-refractivity contribution in [1.29, 1.82) is 0 Å². The largest absolute Gasteiger partial charge is 0.456 e. The molecule has 73 heavy (non-hydrogen) atoms. The van der Waals surface area contributed by atoms with Gasteiger partial charge in [0.1, 0.15) is 11.2 Å². The van der Waals surface area contributed by atoms with E-state index in [9.17, 15) is 0 Å². The Labute approximate surface area is 425 Å². The van der Waals surface area contributed by atoms with Gasteiger partial charge in [-0.3, -0.25) is 0 Å². The van der Waals surface area contributed by atoms with Gasteiger partial charge in [-0.25, -0.2) is 0 Å². The van der Waals surface area contributed by atoms with E-state index in [0.29, 0.717) is 0 Å². The number of para-hydroxylation sites is 2. The molecule has 0 aliphatic heterocycles. The maximum Gasteiger partial charge on any atom is 0.135 e. The van der Waals surface area contributed by atoms with Crippen molar-refractivity contribution >= 4 is 49.8 Å². The highest BCUT2D eigenvalue weighted by molar-refractivity contribution is 6.06. The van der Waals surface area contributed by atoms with E-state index < -0.39 is 5.41 Å². The number of benzene rings is 12. The van der Waals surface area contributed by atoms with Gasteiger partial charge in [0.05, 0.1) is 11.1 Å². The van der Waals surface area contributed by atoms with E-state index in [-0.39, 0.29) is 0 Å². The van der Waals surface area contributed by atoms with Crippen molar-refractivity contribution in [3.63, 3.8) is 0 Å². The second-order valence-corrected chi connectivity index (χ2v) is 19.2. The zero-order chi connectivity index (χ0) is 48.3. The molecule has 2 heteroatoms. The Hall–Kier alpha value is -9.50. The van der Waals surface area contributed by atoms with Crippen LogP contribution in [0.1, 0.15) is 22.3 Å². The zero-order valence-electron chi connectivity index (χ0n) is 40.0. The number of furan rings is 1. The minimum Gasteiger partial charge on any atom is -0.456 e. The topological polar surface area (TPSA) is 16.4 Å². The van der Waals surface area contributed by atoms with E-state index in [1.54, 1.807) is 0 Å². The lowest BCUT2D eigenvalue weighted by Crippen LogP contribution is -2.28. The summed E-state index contributed by atoms with van der Waals surface area (Å²) in [5.74, 6) is 0. The highest BCUT2D eigenvalue weighted by atomic mass is 16.3. The van der Waals surface area contributed by atoms with Gasteiger partial charge in [-0.05, 0) is 138 Å². The van der Waals surface area contributed by atoms with Crippen molar-refractivity contribution in [3.8, 4) is 55.6 Å². The third-order valence-electron chi connectivity index (χ3n) is 15.2. The van der Waals surface area contributed by atoms with Crippen LogP contribution in [0, 0.1) is 0 Å². The molecule has 0 spiro atoms. The van der Waals surface area contributed by atoms with Gasteiger partial charge >= 0.3 is 0 Å². The van der Waals surface area contributed by atoms with Gasteiger partial charge in [0, 0.05) is 27.7 Å². The molecule has 0 saturated carbocycles. The third-order valence-corrected chi connectivity index (χ3v) is 15.2. The Balaban J connectivity index is 0.906. The average molecular weight is 930 g/mol. The molecule has 0 radical (unpaired) electrons. The van der Waals surface area contributed by atoms with Crippen molar-refractivity contribution in [2.24, 2.45) is 0 Å². The number of rotatable bonds is 9. The maximum absolute atomic E-state index is 6.21. The van der Waals surface area contributed by atoms with Gasteiger partial charge in [-0.1, -0.05) is 231 Å². The predicted octanol–water partition coefficient (Wildman–Crippen LogP) is 19.2. The summed E-state index contributed by atoms with van der Waals surface area (Å²) in [6.07, 6.45) is 0. The molecule has 1 aliphatic rings. The van der Waals surface area contributed by atoms with Crippen LogP contribution in [-0.2, 0) is 5.41 Å². The molecule has 1 aliphatic carbocycles. The molecule has 0 fully saturated rings. The average Bonchev–Trinajstić information content (AvgIpc) is 4.00. The fourth-order valence-electron chi connectivity index (χ4n) is 11.8. The first kappa shape index (κ1) is 42.4. The standard InChI is InChI=1S/C71H47NO/c1-3-18-56(19-4-1)71(57-20-5-2-6-21-57)65-26-12-9-24-63(65)70-62(25-15-27-66(70)71)60-22-10-13-28-67(60)72(59-43-38-52(39-44-59)55-40-45-69-64(47-55)61-23-11-14-29-68(61)73-69)58-41-36-50(37-42-58)49-30-32-51(33-31-49)54-35-34-48-16-7-8-17-53(48)46-54/h1-47H. The minimum absolute atomic E-state index is 0.510. The molecule has 13 aromatic rings. The molecule has 1 heterocycles. The quantitative estimate of drug-likeness (QED) is 0.143. The molecule has 12 aromatic carbocycles. The van der Waals surface area contributed by atoms with Crippen LogP contribution in [0.4, 0.5) is 17.1 Å². The van der Waals surface area contributed by atoms with E-state index >= 15 is 0 Å². The van der Waals surface area contributed by atoms with Crippen molar-refractivity contribution in [2.75, 3.05) is 4.90 Å². The summed E-state index contributed by atoms with van der Waals surface area (Å²) in [6.45, 7) is 0. The summed E-state index contributed by atoms with van der Waals surface area (Å²) >= 11 is 0. The second-order valence-electron chi connectivity index (χ2n) is 19.2. The lowest BCUT2D eigenvalue weighted by atomic mass is 9.67. The normalized spacial score (nSPS) is 12.5. The molecule has 0 saturated heterocycles. The summed E-state index contributed by atoms with van der Waals surface area (Å²) in [7, 11) is 0. The van der Waals surface area contributed by atoms with Gasteiger partial charge in [-0.15, -0.1) is 0 Å². The van der Waals surface area contributed by atoms with Crippen molar-refractivity contribution in [3.05, 3.63) is 307 Å². The van der Waals surface area contributed by atoms with Crippen LogP contribution in [0.3, 0.4) is 0 Å². The molecule has 1 aromatic heterocycles. The molecule has 0 amide bonds. The highest BCUT2D eigenvalue weighted by Crippen LogP contribution is 2.59. The molecule has 0 atom stereocenters. The van der Waals surface area contributed by atoms with Crippen LogP contribution < -0.4 is 4.90 Å². The Morgan fingerprint density at radius 2 is 0.767 bits per heavy atom. The van der Waals surface area contributed by atoms with Crippen LogP contribution in [0.2, 0.25) is 0 Å². The first-order valence-electron chi connectivity index (χ1n) is 25.1. The SMILES string of the molecule is c1ccc(C2(c3ccccc3)c3ccccc3-c3c(-c4ccccc4N(c4ccc(-c5ccc(-c6ccc7ccccc7c6)cc5)cc4)c4ccc(-c5ccc6oc7ccccc7c6c5)cc4)cccc32)cc1. The summed E-state index contributed by atoms with van der Waals surface area (Å²) < 4.78 is 6.21. The number of nitrogens with zero attached hydrogens (tertiary/aromatic N) is 1. The van der Waals surface area contributed by atoms with Gasteiger partial charge in [0.15, 0.2) is 0 Å². The van der Waals surface area contributed by atoms with E-state index in [2.05, 4.69) is 278 Å². The zero-order valence-corrected chi connectivity index (χ0v) is 40.0. The molecular weight excluding hydrogens is 883 g/mol. The molecule has 14 rings (SSSR count). The Kier molecular flexibility index (Phi) is 10.1. The van der Waals surface area contributed by atoms with Crippen molar-refractivity contribution in [1.82, 2.24) is 0 Å². The molecule has 2 nitrogen and oxygen atoms in total. The summed E-state index contributed by atoms with van der Waals surface area (Å²) in [4.78, 5) is 2.43. The van der Waals surface area contributed by atoms with Crippen LogP contribution in [0.15, 0.2) is 290 Å². The Morgan fingerprint density at radius 1 is 0.288 bits per heavy atom. The highest BCUT2D eigenvalue weighted by Gasteiger charge is 2.47. The maximum atomic E-state index is 6.21. The van der Waals surface area contributed by atoms with E-state index in [4.69, 9.17) is 4.42 Å². The predicted molar refractivity (Wildman–Crippen MR) is 305 cm³/mol. The van der Waals surface area contributed by atoms with Crippen LogP contribution >= 0.6 is 0 Å². The van der Waals surface area contributed by atoms with Gasteiger partial charge in [0.2, 0.25) is 0 Å². The van der Waals surface area contributed by atoms with Crippen LogP contribution in [0.25, 0.3) is 88.3 Å². The molecule has 0 bridgehead atoms. The van der Waals surface area contributed by atoms with Gasteiger partial charge < -0.3 is 9.32 Å². The molecule has 0 unspecified atom stereocenters. The second kappa shape index (κ2) is 17.4. The molecule has 342 valence electrons. The number of anilines is 3. The van der Waals surface area contributed by atoms with Crippen LogP contribution in [0.5, 0.6) is 0 Å². The number of hydrogen-bond donors (Lipinski definition) is 0. The number of fused-ring (bicyclic) bond motifs is 7. The van der Waals surface area contributed by atoms with E-state index in [0.717, 1.165) is 61.3 Å². The summed E-state index contributed by atoms with van der Waals surface area (Å²) in [5, 5.41) is 4.75. The first-order chi connectivity index (χ1) is 36.2.